The fourth-order valence-corrected chi connectivity index (χ4v) is 2.88. The summed E-state index contributed by atoms with van der Waals surface area (Å²) in [5.74, 6) is 0.245. The van der Waals surface area contributed by atoms with Crippen LogP contribution >= 0.6 is 0 Å². The van der Waals surface area contributed by atoms with Crippen LogP contribution in [0.1, 0.15) is 37.7 Å². The van der Waals surface area contributed by atoms with Crippen LogP contribution in [0.15, 0.2) is 24.3 Å². The molecule has 0 saturated heterocycles. The molecule has 1 saturated carbocycles. The molecule has 2 rings (SSSR count). The summed E-state index contributed by atoms with van der Waals surface area (Å²) >= 11 is 0. The molecule has 1 aromatic carbocycles. The molecule has 0 amide bonds. The summed E-state index contributed by atoms with van der Waals surface area (Å²) < 4.78 is 4.97. The second-order valence-corrected chi connectivity index (χ2v) is 5.41. The van der Waals surface area contributed by atoms with Crippen LogP contribution in [0.2, 0.25) is 0 Å². The third kappa shape index (κ3) is 3.72. The van der Waals surface area contributed by atoms with Crippen molar-refractivity contribution in [3.8, 4) is 0 Å². The zero-order valence-corrected chi connectivity index (χ0v) is 11.8. The van der Waals surface area contributed by atoms with Crippen molar-refractivity contribution in [1.29, 1.82) is 0 Å². The molecular weight excluding hydrogens is 238 g/mol. The Morgan fingerprint density at radius 1 is 1.32 bits per heavy atom. The number of methoxy groups -OCH3 is 1. The van der Waals surface area contributed by atoms with Crippen molar-refractivity contribution in [2.75, 3.05) is 12.4 Å². The molecule has 0 radical (unpaired) electrons. The SMILES string of the molecule is COC(=O)C(Nc1cccc(C)c1)C1CCCCC1. The van der Waals surface area contributed by atoms with Gasteiger partial charge in [0.25, 0.3) is 0 Å². The quantitative estimate of drug-likeness (QED) is 0.843. The third-order valence-corrected chi connectivity index (χ3v) is 3.92. The fourth-order valence-electron chi connectivity index (χ4n) is 2.88. The standard InChI is InChI=1S/C16H23NO2/c1-12-7-6-10-14(11-12)17-15(16(18)19-2)13-8-4-3-5-9-13/h6-7,10-11,13,15,17H,3-5,8-9H2,1-2H3. The van der Waals surface area contributed by atoms with E-state index in [0.717, 1.165) is 18.5 Å². The predicted octanol–water partition coefficient (Wildman–Crippen LogP) is 3.53. The molecule has 3 heteroatoms. The van der Waals surface area contributed by atoms with Gasteiger partial charge in [-0.1, -0.05) is 31.4 Å². The van der Waals surface area contributed by atoms with Crippen molar-refractivity contribution in [2.24, 2.45) is 5.92 Å². The number of esters is 1. The van der Waals surface area contributed by atoms with Gasteiger partial charge in [0.05, 0.1) is 7.11 Å². The molecule has 0 heterocycles. The number of nitrogens with one attached hydrogen (secondary N) is 1. The van der Waals surface area contributed by atoms with E-state index < -0.39 is 0 Å². The first-order valence-corrected chi connectivity index (χ1v) is 7.12. The van der Waals surface area contributed by atoms with Crippen LogP contribution in [0.3, 0.4) is 0 Å². The van der Waals surface area contributed by atoms with E-state index in [2.05, 4.69) is 24.4 Å². The van der Waals surface area contributed by atoms with E-state index >= 15 is 0 Å². The maximum absolute atomic E-state index is 12.0. The van der Waals surface area contributed by atoms with Gasteiger partial charge in [0.1, 0.15) is 6.04 Å². The lowest BCUT2D eigenvalue weighted by Crippen LogP contribution is -2.38. The Bertz CT molecular complexity index is 425. The lowest BCUT2D eigenvalue weighted by molar-refractivity contribution is -0.143. The Labute approximate surface area is 115 Å². The lowest BCUT2D eigenvalue weighted by atomic mass is 9.83. The second kappa shape index (κ2) is 6.60. The first-order valence-electron chi connectivity index (χ1n) is 7.12. The van der Waals surface area contributed by atoms with E-state index in [-0.39, 0.29) is 12.0 Å². The lowest BCUT2D eigenvalue weighted by Gasteiger charge is -2.29. The summed E-state index contributed by atoms with van der Waals surface area (Å²) in [4.78, 5) is 12.0. The Morgan fingerprint density at radius 2 is 2.05 bits per heavy atom. The van der Waals surface area contributed by atoms with Crippen molar-refractivity contribution >= 4 is 11.7 Å². The van der Waals surface area contributed by atoms with Gasteiger partial charge in [-0.3, -0.25) is 0 Å². The van der Waals surface area contributed by atoms with Crippen LogP contribution in [0.4, 0.5) is 5.69 Å². The molecule has 0 spiro atoms. The highest BCUT2D eigenvalue weighted by Crippen LogP contribution is 2.29. The molecule has 1 aliphatic rings. The van der Waals surface area contributed by atoms with E-state index in [1.807, 2.05) is 12.1 Å². The van der Waals surface area contributed by atoms with Crippen LogP contribution in [-0.2, 0) is 9.53 Å². The first kappa shape index (κ1) is 13.9. The van der Waals surface area contributed by atoms with Crippen molar-refractivity contribution in [1.82, 2.24) is 0 Å². The molecule has 1 aromatic rings. The van der Waals surface area contributed by atoms with Crippen LogP contribution in [0.5, 0.6) is 0 Å². The van der Waals surface area contributed by atoms with Crippen LogP contribution in [0, 0.1) is 12.8 Å². The maximum Gasteiger partial charge on any atom is 0.328 e. The molecule has 1 unspecified atom stereocenters. The van der Waals surface area contributed by atoms with Gasteiger partial charge in [-0.25, -0.2) is 4.79 Å². The monoisotopic (exact) mass is 261 g/mol. The van der Waals surface area contributed by atoms with Gasteiger partial charge in [0, 0.05) is 5.69 Å². The molecule has 0 bridgehead atoms. The number of carbonyl (C=O) groups is 1. The number of anilines is 1. The van der Waals surface area contributed by atoms with Crippen molar-refractivity contribution in [3.63, 3.8) is 0 Å². The van der Waals surface area contributed by atoms with Crippen LogP contribution < -0.4 is 5.32 Å². The predicted molar refractivity (Wildman–Crippen MR) is 77.2 cm³/mol. The van der Waals surface area contributed by atoms with E-state index in [1.165, 1.54) is 31.9 Å². The number of benzene rings is 1. The molecule has 1 atom stereocenters. The average molecular weight is 261 g/mol. The van der Waals surface area contributed by atoms with Crippen molar-refractivity contribution in [3.05, 3.63) is 29.8 Å². The Morgan fingerprint density at radius 3 is 2.68 bits per heavy atom. The zero-order valence-electron chi connectivity index (χ0n) is 11.8. The Kier molecular flexibility index (Phi) is 4.83. The van der Waals surface area contributed by atoms with Crippen molar-refractivity contribution < 1.29 is 9.53 Å². The van der Waals surface area contributed by atoms with Crippen molar-refractivity contribution in [2.45, 2.75) is 45.1 Å². The number of rotatable bonds is 4. The summed E-state index contributed by atoms with van der Waals surface area (Å²) in [6.07, 6.45) is 5.94. The summed E-state index contributed by atoms with van der Waals surface area (Å²) in [6, 6.07) is 7.92. The zero-order chi connectivity index (χ0) is 13.7. The minimum atomic E-state index is -0.216. The minimum absolute atomic E-state index is 0.145. The molecule has 0 aromatic heterocycles. The van der Waals surface area contributed by atoms with Gasteiger partial charge in [-0.15, -0.1) is 0 Å². The molecule has 3 nitrogen and oxygen atoms in total. The molecule has 0 aliphatic heterocycles. The number of ether oxygens (including phenoxy) is 1. The van der Waals surface area contributed by atoms with E-state index in [1.54, 1.807) is 0 Å². The van der Waals surface area contributed by atoms with Gasteiger partial charge < -0.3 is 10.1 Å². The Hall–Kier alpha value is -1.51. The summed E-state index contributed by atoms with van der Waals surface area (Å²) in [5.41, 5.74) is 2.19. The minimum Gasteiger partial charge on any atom is -0.467 e. The number of hydrogen-bond donors (Lipinski definition) is 1. The van der Waals surface area contributed by atoms with Gasteiger partial charge in [0.15, 0.2) is 0 Å². The summed E-state index contributed by atoms with van der Waals surface area (Å²) in [7, 11) is 1.47. The van der Waals surface area contributed by atoms with Gasteiger partial charge in [-0.05, 0) is 43.4 Å². The van der Waals surface area contributed by atoms with Crippen LogP contribution in [0.25, 0.3) is 0 Å². The second-order valence-electron chi connectivity index (χ2n) is 5.41. The Balaban J connectivity index is 2.11. The topological polar surface area (TPSA) is 38.3 Å². The molecule has 1 fully saturated rings. The largest absolute Gasteiger partial charge is 0.467 e. The van der Waals surface area contributed by atoms with Gasteiger partial charge >= 0.3 is 5.97 Å². The van der Waals surface area contributed by atoms with E-state index in [9.17, 15) is 4.79 Å². The molecule has 1 aliphatic carbocycles. The highest BCUT2D eigenvalue weighted by Gasteiger charge is 2.30. The first-order chi connectivity index (χ1) is 9.20. The van der Waals surface area contributed by atoms with Crippen LogP contribution in [-0.4, -0.2) is 19.1 Å². The number of hydrogen-bond acceptors (Lipinski definition) is 3. The fraction of sp³-hybridized carbons (Fsp3) is 0.562. The van der Waals surface area contributed by atoms with E-state index in [4.69, 9.17) is 4.74 Å². The molecule has 104 valence electrons. The molecular formula is C16H23NO2. The number of carbonyl (C=O) groups excluding carboxylic acids is 1. The van der Waals surface area contributed by atoms with E-state index in [0.29, 0.717) is 5.92 Å². The molecule has 1 N–H and O–H groups in total. The number of aryl methyl sites for hydroxylation is 1. The van der Waals surface area contributed by atoms with Gasteiger partial charge in [-0.2, -0.15) is 0 Å². The normalized spacial score (nSPS) is 17.8. The smallest absolute Gasteiger partial charge is 0.328 e. The third-order valence-electron chi connectivity index (χ3n) is 3.92. The highest BCUT2D eigenvalue weighted by molar-refractivity contribution is 5.79. The average Bonchev–Trinajstić information content (AvgIpc) is 2.45. The summed E-state index contributed by atoms with van der Waals surface area (Å²) in [5, 5.41) is 3.37. The molecule has 19 heavy (non-hydrogen) atoms. The summed E-state index contributed by atoms with van der Waals surface area (Å²) in [6.45, 7) is 2.05. The highest BCUT2D eigenvalue weighted by atomic mass is 16.5. The maximum atomic E-state index is 12.0. The van der Waals surface area contributed by atoms with Gasteiger partial charge in [0.2, 0.25) is 0 Å².